The number of non-ortho nitro benzene ring substituents is 1. The quantitative estimate of drug-likeness (QED) is 0.555. The van der Waals surface area contributed by atoms with E-state index < -0.39 is 4.92 Å². The summed E-state index contributed by atoms with van der Waals surface area (Å²) in [6, 6.07) is 4.74. The van der Waals surface area contributed by atoms with Gasteiger partial charge in [-0.25, -0.2) is 4.98 Å². The number of nitrogens with two attached hydrogens (primary N) is 1. The molecule has 0 unspecified atom stereocenters. The predicted octanol–water partition coefficient (Wildman–Crippen LogP) is 1.79. The van der Waals surface area contributed by atoms with Gasteiger partial charge in [0.1, 0.15) is 4.70 Å². The van der Waals surface area contributed by atoms with E-state index in [0.29, 0.717) is 15.3 Å². The van der Waals surface area contributed by atoms with Gasteiger partial charge in [0.25, 0.3) is 5.69 Å². The van der Waals surface area contributed by atoms with E-state index in [4.69, 9.17) is 5.73 Å². The minimum Gasteiger partial charge on any atom is -0.375 e. The van der Waals surface area contributed by atoms with Crippen LogP contribution in [0.4, 0.5) is 10.8 Å². The lowest BCUT2D eigenvalue weighted by molar-refractivity contribution is -0.382. The molecular weight excluding hydrogens is 190 g/mol. The molecular formula is C7H5N3O2S. The highest BCUT2D eigenvalue weighted by Gasteiger charge is 2.14. The van der Waals surface area contributed by atoms with Crippen LogP contribution in [0, 0.1) is 10.1 Å². The molecule has 0 spiro atoms. The number of hydrogen-bond acceptors (Lipinski definition) is 5. The zero-order chi connectivity index (χ0) is 9.42. The molecule has 6 heteroatoms. The van der Waals surface area contributed by atoms with Gasteiger partial charge in [-0.1, -0.05) is 17.4 Å². The summed E-state index contributed by atoms with van der Waals surface area (Å²) in [5, 5.41) is 10.9. The maximum absolute atomic E-state index is 10.6. The molecule has 1 heterocycles. The van der Waals surface area contributed by atoms with Gasteiger partial charge in [0.2, 0.25) is 0 Å². The van der Waals surface area contributed by atoms with Gasteiger partial charge in [0.15, 0.2) is 5.13 Å². The summed E-state index contributed by atoms with van der Waals surface area (Å²) < 4.78 is 0.532. The lowest BCUT2D eigenvalue weighted by atomic mass is 10.3. The van der Waals surface area contributed by atoms with Crippen molar-refractivity contribution >= 4 is 32.4 Å². The second-order valence-electron chi connectivity index (χ2n) is 2.43. The molecule has 0 saturated carbocycles. The van der Waals surface area contributed by atoms with Gasteiger partial charge in [0, 0.05) is 6.07 Å². The van der Waals surface area contributed by atoms with E-state index in [1.807, 2.05) is 0 Å². The third-order valence-electron chi connectivity index (χ3n) is 1.61. The van der Waals surface area contributed by atoms with Gasteiger partial charge in [-0.05, 0) is 6.07 Å². The zero-order valence-electron chi connectivity index (χ0n) is 6.43. The molecule has 66 valence electrons. The molecule has 0 amide bonds. The van der Waals surface area contributed by atoms with Crippen LogP contribution in [0.5, 0.6) is 0 Å². The third kappa shape index (κ3) is 1.20. The molecule has 0 fully saturated rings. The first kappa shape index (κ1) is 7.93. The Labute approximate surface area is 77.0 Å². The minimum absolute atomic E-state index is 0.0618. The molecule has 2 rings (SSSR count). The van der Waals surface area contributed by atoms with E-state index in [1.54, 1.807) is 12.1 Å². The Morgan fingerprint density at radius 1 is 1.54 bits per heavy atom. The number of rotatable bonds is 1. The topological polar surface area (TPSA) is 82.0 Å². The molecule has 2 aromatic rings. The molecule has 13 heavy (non-hydrogen) atoms. The minimum atomic E-state index is -0.431. The number of nitrogens with zero attached hydrogens (tertiary/aromatic N) is 2. The van der Waals surface area contributed by atoms with Crippen molar-refractivity contribution < 1.29 is 4.92 Å². The van der Waals surface area contributed by atoms with Gasteiger partial charge in [0.05, 0.1) is 10.4 Å². The van der Waals surface area contributed by atoms with E-state index in [-0.39, 0.29) is 5.69 Å². The summed E-state index contributed by atoms with van der Waals surface area (Å²) in [5.41, 5.74) is 6.09. The molecule has 1 aromatic heterocycles. The van der Waals surface area contributed by atoms with Crippen LogP contribution < -0.4 is 5.73 Å². The fraction of sp³-hybridized carbons (Fsp3) is 0. The summed E-state index contributed by atoms with van der Waals surface area (Å²) in [6.45, 7) is 0. The fourth-order valence-corrected chi connectivity index (χ4v) is 1.91. The first-order valence-corrected chi connectivity index (χ1v) is 4.29. The van der Waals surface area contributed by atoms with Crippen LogP contribution >= 0.6 is 11.3 Å². The highest BCUT2D eigenvalue weighted by molar-refractivity contribution is 7.22. The van der Waals surface area contributed by atoms with Crippen molar-refractivity contribution in [1.82, 2.24) is 4.98 Å². The van der Waals surface area contributed by atoms with Crippen molar-refractivity contribution in [3.05, 3.63) is 28.3 Å². The average Bonchev–Trinajstić information content (AvgIpc) is 2.43. The van der Waals surface area contributed by atoms with E-state index in [2.05, 4.69) is 4.98 Å². The van der Waals surface area contributed by atoms with Gasteiger partial charge in [-0.15, -0.1) is 0 Å². The fourth-order valence-electron chi connectivity index (χ4n) is 1.10. The lowest BCUT2D eigenvalue weighted by Crippen LogP contribution is -1.86. The highest BCUT2D eigenvalue weighted by Crippen LogP contribution is 2.31. The van der Waals surface area contributed by atoms with Gasteiger partial charge in [-0.3, -0.25) is 10.1 Å². The molecule has 0 aliphatic carbocycles. The van der Waals surface area contributed by atoms with Crippen molar-refractivity contribution in [3.8, 4) is 0 Å². The largest absolute Gasteiger partial charge is 0.375 e. The van der Waals surface area contributed by atoms with E-state index in [0.717, 1.165) is 11.3 Å². The highest BCUT2D eigenvalue weighted by atomic mass is 32.1. The standard InChI is InChI=1S/C7H5N3O2S/c8-7-9-4-2-1-3-5(10(11)12)6(4)13-7/h1-3H,(H2,8,9). The summed E-state index contributed by atoms with van der Waals surface area (Å²) in [4.78, 5) is 14.1. The number of thiazole rings is 1. The van der Waals surface area contributed by atoms with E-state index in [9.17, 15) is 10.1 Å². The summed E-state index contributed by atoms with van der Waals surface area (Å²) in [7, 11) is 0. The number of hydrogen-bond donors (Lipinski definition) is 1. The van der Waals surface area contributed by atoms with Gasteiger partial charge >= 0.3 is 0 Å². The van der Waals surface area contributed by atoms with Crippen LogP contribution in [-0.2, 0) is 0 Å². The summed E-state index contributed by atoms with van der Waals surface area (Å²) in [5.74, 6) is 0. The maximum atomic E-state index is 10.6. The monoisotopic (exact) mass is 195 g/mol. The average molecular weight is 195 g/mol. The molecule has 5 nitrogen and oxygen atoms in total. The normalized spacial score (nSPS) is 10.5. The Morgan fingerprint density at radius 2 is 2.31 bits per heavy atom. The number of nitro benzene ring substituents is 1. The third-order valence-corrected chi connectivity index (χ3v) is 2.53. The molecule has 0 radical (unpaired) electrons. The van der Waals surface area contributed by atoms with Crippen LogP contribution in [-0.4, -0.2) is 9.91 Å². The Hall–Kier alpha value is -1.69. The Balaban J connectivity index is 2.82. The molecule has 0 bridgehead atoms. The van der Waals surface area contributed by atoms with Crippen LogP contribution in [0.1, 0.15) is 0 Å². The lowest BCUT2D eigenvalue weighted by Gasteiger charge is -1.89. The second kappa shape index (κ2) is 2.67. The van der Waals surface area contributed by atoms with E-state index in [1.165, 1.54) is 6.07 Å². The smallest absolute Gasteiger partial charge is 0.288 e. The van der Waals surface area contributed by atoms with Crippen molar-refractivity contribution in [2.75, 3.05) is 5.73 Å². The second-order valence-corrected chi connectivity index (χ2v) is 3.47. The molecule has 0 atom stereocenters. The Bertz CT molecular complexity index is 480. The molecule has 1 aromatic carbocycles. The summed E-state index contributed by atoms with van der Waals surface area (Å²) in [6.07, 6.45) is 0. The molecule has 0 saturated heterocycles. The molecule has 0 aliphatic rings. The Morgan fingerprint density at radius 3 is 3.00 bits per heavy atom. The number of benzene rings is 1. The SMILES string of the molecule is Nc1nc2cccc([N+](=O)[O-])c2s1. The number of fused-ring (bicyclic) bond motifs is 1. The van der Waals surface area contributed by atoms with Crippen LogP contribution in [0.2, 0.25) is 0 Å². The Kier molecular flexibility index (Phi) is 1.63. The first-order valence-electron chi connectivity index (χ1n) is 3.48. The number of nitrogen functional groups attached to an aromatic ring is 1. The maximum Gasteiger partial charge on any atom is 0.288 e. The van der Waals surface area contributed by atoms with Crippen molar-refractivity contribution in [2.45, 2.75) is 0 Å². The zero-order valence-corrected chi connectivity index (χ0v) is 7.25. The van der Waals surface area contributed by atoms with Crippen LogP contribution in [0.15, 0.2) is 18.2 Å². The predicted molar refractivity (Wildman–Crippen MR) is 50.7 cm³/mol. The van der Waals surface area contributed by atoms with Gasteiger partial charge < -0.3 is 5.73 Å². The number of anilines is 1. The van der Waals surface area contributed by atoms with Crippen molar-refractivity contribution in [2.24, 2.45) is 0 Å². The van der Waals surface area contributed by atoms with Gasteiger partial charge in [-0.2, -0.15) is 0 Å². The van der Waals surface area contributed by atoms with E-state index >= 15 is 0 Å². The number of aromatic nitrogens is 1. The van der Waals surface area contributed by atoms with Crippen LogP contribution in [0.25, 0.3) is 10.2 Å². The molecule has 0 aliphatic heterocycles. The van der Waals surface area contributed by atoms with Crippen molar-refractivity contribution in [3.63, 3.8) is 0 Å². The first-order chi connectivity index (χ1) is 6.18. The summed E-state index contributed by atoms with van der Waals surface area (Å²) >= 11 is 1.13. The van der Waals surface area contributed by atoms with Crippen molar-refractivity contribution in [1.29, 1.82) is 0 Å². The number of nitro groups is 1. The van der Waals surface area contributed by atoms with Crippen LogP contribution in [0.3, 0.4) is 0 Å². The molecule has 2 N–H and O–H groups in total.